The molecule has 2 aliphatic heterocycles. The summed E-state index contributed by atoms with van der Waals surface area (Å²) < 4.78 is 0. The molecule has 1 saturated carbocycles. The lowest BCUT2D eigenvalue weighted by molar-refractivity contribution is -0.139. The second-order valence-electron chi connectivity index (χ2n) is 13.1. The Morgan fingerprint density at radius 3 is 2.51 bits per heavy atom. The molecule has 3 heterocycles. The van der Waals surface area contributed by atoms with Crippen LogP contribution in [0.5, 0.6) is 0 Å². The van der Waals surface area contributed by atoms with Crippen LogP contribution in [0.4, 0.5) is 11.8 Å². The molecule has 2 aromatic rings. The number of nitrogens with one attached hydrogen (secondary N) is 4. The number of nitrogens with zero attached hydrogens (tertiary/aromatic N) is 5. The van der Waals surface area contributed by atoms with Crippen molar-refractivity contribution in [2.24, 2.45) is 15.9 Å². The predicted octanol–water partition coefficient (Wildman–Crippen LogP) is 3.52. The van der Waals surface area contributed by atoms with E-state index in [1.807, 2.05) is 24.3 Å². The van der Waals surface area contributed by atoms with E-state index in [-0.39, 0.29) is 24.8 Å². The molecule has 0 spiro atoms. The SMILES string of the molecule is N[C@@H](CCC(=O)N1CCC(Nc2nc(NCC3=NN=C(CCCNCCCNC4CCCCC4)C3)nc3ccccc23)CC1)C(=O)O. The van der Waals surface area contributed by atoms with Crippen molar-refractivity contribution in [2.45, 2.75) is 102 Å². The van der Waals surface area contributed by atoms with Crippen molar-refractivity contribution in [3.05, 3.63) is 24.3 Å². The molecule has 0 bridgehead atoms. The summed E-state index contributed by atoms with van der Waals surface area (Å²) in [6.45, 7) is 4.87. The van der Waals surface area contributed by atoms with E-state index in [4.69, 9.17) is 20.8 Å². The van der Waals surface area contributed by atoms with E-state index >= 15 is 0 Å². The summed E-state index contributed by atoms with van der Waals surface area (Å²) in [5, 5.41) is 33.0. The van der Waals surface area contributed by atoms with E-state index in [0.717, 1.165) is 92.3 Å². The molecule has 47 heavy (non-hydrogen) atoms. The van der Waals surface area contributed by atoms with Gasteiger partial charge in [-0.05, 0) is 83.1 Å². The minimum absolute atomic E-state index is 0.0502. The lowest BCUT2D eigenvalue weighted by Gasteiger charge is -2.33. The van der Waals surface area contributed by atoms with Crippen LogP contribution >= 0.6 is 0 Å². The van der Waals surface area contributed by atoms with Gasteiger partial charge in [0.15, 0.2) is 0 Å². The molecule has 1 aliphatic carbocycles. The number of hydrogen-bond donors (Lipinski definition) is 6. The zero-order valence-corrected chi connectivity index (χ0v) is 27.6. The summed E-state index contributed by atoms with van der Waals surface area (Å²) in [7, 11) is 0. The lowest BCUT2D eigenvalue weighted by Crippen LogP contribution is -2.43. The van der Waals surface area contributed by atoms with E-state index in [2.05, 4.69) is 31.5 Å². The molecule has 7 N–H and O–H groups in total. The van der Waals surface area contributed by atoms with Gasteiger partial charge < -0.3 is 37.0 Å². The second kappa shape index (κ2) is 18.0. The number of anilines is 2. The average Bonchev–Trinajstić information content (AvgIpc) is 3.55. The van der Waals surface area contributed by atoms with Crippen molar-refractivity contribution < 1.29 is 14.7 Å². The number of rotatable bonds is 18. The van der Waals surface area contributed by atoms with Crippen LogP contribution in [0.1, 0.15) is 83.5 Å². The van der Waals surface area contributed by atoms with Gasteiger partial charge in [-0.2, -0.15) is 15.2 Å². The first-order valence-corrected chi connectivity index (χ1v) is 17.5. The van der Waals surface area contributed by atoms with Gasteiger partial charge in [0, 0.05) is 49.1 Å². The third kappa shape index (κ3) is 10.9. The zero-order chi connectivity index (χ0) is 32.8. The second-order valence-corrected chi connectivity index (χ2v) is 13.1. The van der Waals surface area contributed by atoms with E-state index in [1.165, 1.54) is 32.1 Å². The maximum atomic E-state index is 12.6. The fourth-order valence-corrected chi connectivity index (χ4v) is 6.53. The number of fused-ring (bicyclic) bond motifs is 1. The quantitative estimate of drug-likeness (QED) is 0.131. The number of aromatic nitrogens is 2. The Labute approximate surface area is 277 Å². The number of amides is 1. The van der Waals surface area contributed by atoms with Crippen LogP contribution in [0, 0.1) is 0 Å². The first kappa shape index (κ1) is 34.6. The Kier molecular flexibility index (Phi) is 13.3. The Bertz CT molecular complexity index is 1390. The van der Waals surface area contributed by atoms with Gasteiger partial charge in [0.2, 0.25) is 11.9 Å². The Morgan fingerprint density at radius 1 is 0.936 bits per heavy atom. The number of carboxylic acids is 1. The summed E-state index contributed by atoms with van der Waals surface area (Å²) in [5.41, 5.74) is 8.51. The van der Waals surface area contributed by atoms with Crippen LogP contribution in [0.2, 0.25) is 0 Å². The number of carbonyl (C=O) groups excluding carboxylic acids is 1. The highest BCUT2D eigenvalue weighted by Gasteiger charge is 2.25. The van der Waals surface area contributed by atoms with Crippen LogP contribution in [-0.4, -0.2) is 101 Å². The summed E-state index contributed by atoms with van der Waals surface area (Å²) >= 11 is 0. The fraction of sp³-hybridized carbons (Fsp3) is 0.647. The van der Waals surface area contributed by atoms with Crippen molar-refractivity contribution in [3.63, 3.8) is 0 Å². The molecule has 3 aliphatic rings. The topological polar surface area (TPSA) is 182 Å². The Morgan fingerprint density at radius 2 is 1.70 bits per heavy atom. The molecular formula is C34H52N10O3. The van der Waals surface area contributed by atoms with Gasteiger partial charge >= 0.3 is 5.97 Å². The number of carbonyl (C=O) groups is 2. The van der Waals surface area contributed by atoms with Crippen LogP contribution in [0.3, 0.4) is 0 Å². The molecule has 0 unspecified atom stereocenters. The molecule has 0 radical (unpaired) electrons. The third-order valence-corrected chi connectivity index (χ3v) is 9.36. The van der Waals surface area contributed by atoms with Crippen LogP contribution < -0.4 is 27.0 Å². The largest absolute Gasteiger partial charge is 0.480 e. The van der Waals surface area contributed by atoms with Crippen molar-refractivity contribution in [1.82, 2.24) is 25.5 Å². The highest BCUT2D eigenvalue weighted by molar-refractivity contribution is 6.08. The van der Waals surface area contributed by atoms with Gasteiger partial charge in [0.25, 0.3) is 0 Å². The Hall–Kier alpha value is -3.68. The number of benzene rings is 1. The van der Waals surface area contributed by atoms with E-state index < -0.39 is 12.0 Å². The maximum absolute atomic E-state index is 12.6. The van der Waals surface area contributed by atoms with Crippen molar-refractivity contribution in [1.29, 1.82) is 0 Å². The number of para-hydroxylation sites is 1. The van der Waals surface area contributed by atoms with Crippen LogP contribution in [0.15, 0.2) is 34.5 Å². The maximum Gasteiger partial charge on any atom is 0.320 e. The minimum atomic E-state index is -1.08. The van der Waals surface area contributed by atoms with Crippen molar-refractivity contribution in [3.8, 4) is 0 Å². The number of aliphatic carboxylic acids is 1. The van der Waals surface area contributed by atoms with Gasteiger partial charge in [0.05, 0.1) is 17.8 Å². The van der Waals surface area contributed by atoms with Gasteiger partial charge in [0.1, 0.15) is 11.9 Å². The number of likely N-dealkylation sites (tertiary alicyclic amines) is 1. The number of carboxylic acid groups (broad SMARTS) is 1. The lowest BCUT2D eigenvalue weighted by atomic mass is 9.95. The molecule has 5 rings (SSSR count). The molecule has 13 heteroatoms. The monoisotopic (exact) mass is 648 g/mol. The summed E-state index contributed by atoms with van der Waals surface area (Å²) in [6, 6.07) is 7.80. The highest BCUT2D eigenvalue weighted by Crippen LogP contribution is 2.25. The van der Waals surface area contributed by atoms with E-state index in [0.29, 0.717) is 25.6 Å². The molecule has 2 fully saturated rings. The van der Waals surface area contributed by atoms with Crippen molar-refractivity contribution in [2.75, 3.05) is 49.9 Å². The molecular weight excluding hydrogens is 596 g/mol. The highest BCUT2D eigenvalue weighted by atomic mass is 16.4. The zero-order valence-electron chi connectivity index (χ0n) is 27.6. The standard InChI is InChI=1S/C34H52N10O3/c35-29(33(46)47)13-14-31(45)44-20-15-25(16-21-44)39-32-28-11-4-5-12-30(28)40-34(41-32)38-23-27-22-26(42-43-27)10-6-17-36-18-7-19-37-24-8-2-1-3-9-24/h4-5,11-12,24-25,29,36-37H,1-3,6-10,13-23,35H2,(H,46,47)(H2,38,39,40,41)/t29-/m0/s1. The molecule has 1 saturated heterocycles. The average molecular weight is 649 g/mol. The van der Waals surface area contributed by atoms with Gasteiger partial charge in [-0.3, -0.25) is 9.59 Å². The third-order valence-electron chi connectivity index (χ3n) is 9.36. The minimum Gasteiger partial charge on any atom is -0.480 e. The van der Waals surface area contributed by atoms with Gasteiger partial charge in [-0.1, -0.05) is 31.4 Å². The van der Waals surface area contributed by atoms with Crippen molar-refractivity contribution >= 4 is 46.0 Å². The first-order chi connectivity index (χ1) is 22.9. The van der Waals surface area contributed by atoms with Gasteiger partial charge in [-0.25, -0.2) is 4.98 Å². The molecule has 256 valence electrons. The molecule has 13 nitrogen and oxygen atoms in total. The molecule has 1 atom stereocenters. The summed E-state index contributed by atoms with van der Waals surface area (Å²) in [4.78, 5) is 34.9. The molecule has 1 aromatic carbocycles. The summed E-state index contributed by atoms with van der Waals surface area (Å²) in [6.07, 6.45) is 12.6. The number of piperidine rings is 1. The fourth-order valence-electron chi connectivity index (χ4n) is 6.53. The molecule has 1 amide bonds. The summed E-state index contributed by atoms with van der Waals surface area (Å²) in [5.74, 6) is 0.165. The Balaban J connectivity index is 1.00. The normalized spacial score (nSPS) is 18.2. The number of nitrogens with two attached hydrogens (primary N) is 1. The number of hydrogen-bond acceptors (Lipinski definition) is 11. The smallest absolute Gasteiger partial charge is 0.320 e. The first-order valence-electron chi connectivity index (χ1n) is 17.5. The van der Waals surface area contributed by atoms with E-state index in [1.54, 1.807) is 4.90 Å². The molecule has 1 aromatic heterocycles. The van der Waals surface area contributed by atoms with Gasteiger partial charge in [-0.15, -0.1) is 0 Å². The van der Waals surface area contributed by atoms with Crippen LogP contribution in [-0.2, 0) is 9.59 Å². The van der Waals surface area contributed by atoms with Crippen LogP contribution in [0.25, 0.3) is 10.9 Å². The van der Waals surface area contributed by atoms with E-state index in [9.17, 15) is 9.59 Å². The predicted molar refractivity (Wildman–Crippen MR) is 187 cm³/mol.